The molecule has 1 fully saturated rings. The first-order valence-corrected chi connectivity index (χ1v) is 11.6. The second-order valence-corrected chi connectivity index (χ2v) is 9.12. The first-order chi connectivity index (χ1) is 13.5. The first kappa shape index (κ1) is 19.6. The van der Waals surface area contributed by atoms with E-state index in [9.17, 15) is 4.79 Å². The van der Waals surface area contributed by atoms with Gasteiger partial charge < -0.3 is 20.1 Å². The molecule has 2 aliphatic rings. The van der Waals surface area contributed by atoms with Crippen molar-refractivity contribution in [3.8, 4) is 0 Å². The molecule has 0 bridgehead atoms. The van der Waals surface area contributed by atoms with E-state index in [1.54, 1.807) is 11.8 Å². The number of aromatic amines is 1. The van der Waals surface area contributed by atoms with Crippen LogP contribution < -0.4 is 5.32 Å². The Kier molecular flexibility index (Phi) is 5.36. The molecular formula is C22H32N4OS. The van der Waals surface area contributed by atoms with Crippen LogP contribution in [0.1, 0.15) is 43.0 Å². The summed E-state index contributed by atoms with van der Waals surface area (Å²) in [5, 5.41) is 4.74. The maximum absolute atomic E-state index is 12.6. The van der Waals surface area contributed by atoms with Gasteiger partial charge in [-0.1, -0.05) is 0 Å². The van der Waals surface area contributed by atoms with Crippen molar-refractivity contribution in [2.45, 2.75) is 56.5 Å². The Balaban J connectivity index is 1.68. The van der Waals surface area contributed by atoms with Crippen molar-refractivity contribution in [3.63, 3.8) is 0 Å². The lowest BCUT2D eigenvalue weighted by Gasteiger charge is -2.46. The van der Waals surface area contributed by atoms with Crippen molar-refractivity contribution in [1.82, 2.24) is 20.1 Å². The maximum atomic E-state index is 12.6. The van der Waals surface area contributed by atoms with Gasteiger partial charge in [-0.2, -0.15) is 0 Å². The van der Waals surface area contributed by atoms with Gasteiger partial charge in [0.2, 0.25) is 0 Å². The van der Waals surface area contributed by atoms with E-state index < -0.39 is 0 Å². The molecule has 2 N–H and O–H groups in total. The molecule has 2 heterocycles. The average molecular weight is 401 g/mol. The van der Waals surface area contributed by atoms with Gasteiger partial charge in [-0.3, -0.25) is 0 Å². The summed E-state index contributed by atoms with van der Waals surface area (Å²) < 4.78 is 0. The van der Waals surface area contributed by atoms with E-state index >= 15 is 0 Å². The summed E-state index contributed by atoms with van der Waals surface area (Å²) in [6.07, 6.45) is 4.25. The van der Waals surface area contributed by atoms with Crippen molar-refractivity contribution in [3.05, 3.63) is 29.0 Å². The number of rotatable bonds is 4. The molecule has 0 unspecified atom stereocenters. The van der Waals surface area contributed by atoms with E-state index in [4.69, 9.17) is 0 Å². The predicted octanol–water partition coefficient (Wildman–Crippen LogP) is 3.96. The van der Waals surface area contributed by atoms with Crippen LogP contribution in [0.3, 0.4) is 0 Å². The second-order valence-electron chi connectivity index (χ2n) is 8.24. The van der Waals surface area contributed by atoms with Crippen molar-refractivity contribution < 1.29 is 4.79 Å². The fraction of sp³-hybridized carbons (Fsp3) is 0.591. The monoisotopic (exact) mass is 400 g/mol. The lowest BCUT2D eigenvalue weighted by atomic mass is 9.73. The Morgan fingerprint density at radius 2 is 2.11 bits per heavy atom. The number of nitrogens with one attached hydrogen (secondary N) is 2. The highest BCUT2D eigenvalue weighted by Gasteiger charge is 2.40. The van der Waals surface area contributed by atoms with Gasteiger partial charge >= 0.3 is 6.03 Å². The number of amides is 2. The van der Waals surface area contributed by atoms with Gasteiger partial charge in [0.05, 0.1) is 0 Å². The molecule has 1 aliphatic heterocycles. The van der Waals surface area contributed by atoms with E-state index in [1.165, 1.54) is 32.6 Å². The number of likely N-dealkylation sites (N-methyl/N-ethyl adjacent to an activating group) is 1. The molecule has 5 nitrogen and oxygen atoms in total. The SMILES string of the molecule is CCN(CC)C(=O)N[C@H]1C[C@@H]2c3cc(SC)cc4[nH]c(C)c(c34)C[C@H]2N(C)C1. The van der Waals surface area contributed by atoms with E-state index in [2.05, 4.69) is 47.6 Å². The number of thioether (sulfide) groups is 1. The molecule has 1 aromatic carbocycles. The van der Waals surface area contributed by atoms with Crippen LogP contribution in [0, 0.1) is 6.92 Å². The molecule has 0 radical (unpaired) electrons. The molecule has 28 heavy (non-hydrogen) atoms. The number of piperidine rings is 1. The van der Waals surface area contributed by atoms with Crippen LogP contribution in [0.5, 0.6) is 0 Å². The molecule has 6 heteroatoms. The van der Waals surface area contributed by atoms with Crippen molar-refractivity contribution in [2.24, 2.45) is 0 Å². The molecule has 3 atom stereocenters. The number of hydrogen-bond acceptors (Lipinski definition) is 3. The van der Waals surface area contributed by atoms with Gasteiger partial charge in [0.25, 0.3) is 0 Å². The van der Waals surface area contributed by atoms with Gasteiger partial charge in [-0.25, -0.2) is 4.79 Å². The van der Waals surface area contributed by atoms with Gasteiger partial charge in [0, 0.05) is 59.1 Å². The molecule has 1 aromatic heterocycles. The molecule has 152 valence electrons. The van der Waals surface area contributed by atoms with Crippen LogP contribution in [-0.4, -0.2) is 65.8 Å². The Bertz CT molecular complexity index is 888. The quantitative estimate of drug-likeness (QED) is 0.764. The number of benzene rings is 1. The Morgan fingerprint density at radius 3 is 2.79 bits per heavy atom. The fourth-order valence-corrected chi connectivity index (χ4v) is 5.73. The largest absolute Gasteiger partial charge is 0.358 e. The van der Waals surface area contributed by atoms with Crippen LogP contribution in [-0.2, 0) is 6.42 Å². The summed E-state index contributed by atoms with van der Waals surface area (Å²) in [4.78, 5) is 21.9. The second kappa shape index (κ2) is 7.64. The number of hydrogen-bond donors (Lipinski definition) is 2. The third kappa shape index (κ3) is 3.20. The third-order valence-corrected chi connectivity index (χ3v) is 7.43. The highest BCUT2D eigenvalue weighted by Crippen LogP contribution is 2.45. The number of nitrogens with zero attached hydrogens (tertiary/aromatic N) is 2. The number of carbonyl (C=O) groups is 1. The number of urea groups is 1. The van der Waals surface area contributed by atoms with Crippen molar-refractivity contribution in [2.75, 3.05) is 32.9 Å². The summed E-state index contributed by atoms with van der Waals surface area (Å²) in [6.45, 7) is 8.69. The standard InChI is InChI=1S/C22H32N4OS/c1-6-26(7-2)22(27)24-14-8-17-18-9-15(28-5)10-19-21(18)16(13(3)23-19)11-20(17)25(4)12-14/h9-10,14,17,20,23H,6-8,11-12H2,1-5H3,(H,24,27)/t14-,17+,20+/m0/s1. The zero-order chi connectivity index (χ0) is 20.0. The molecule has 0 spiro atoms. The van der Waals surface area contributed by atoms with E-state index in [1.807, 2.05) is 18.7 Å². The number of carbonyl (C=O) groups excluding carboxylic acids is 1. The Hall–Kier alpha value is -1.66. The zero-order valence-electron chi connectivity index (χ0n) is 17.6. The van der Waals surface area contributed by atoms with Crippen LogP contribution in [0.25, 0.3) is 10.9 Å². The van der Waals surface area contributed by atoms with E-state index in [-0.39, 0.29) is 12.1 Å². The minimum absolute atomic E-state index is 0.0684. The summed E-state index contributed by atoms with van der Waals surface area (Å²) in [7, 11) is 2.22. The Labute approximate surface area is 172 Å². The Morgan fingerprint density at radius 1 is 1.36 bits per heavy atom. The van der Waals surface area contributed by atoms with Gasteiger partial charge in [0.15, 0.2) is 0 Å². The summed E-state index contributed by atoms with van der Waals surface area (Å²) in [5.41, 5.74) is 5.52. The highest BCUT2D eigenvalue weighted by atomic mass is 32.2. The molecule has 2 aromatic rings. The minimum atomic E-state index is 0.0684. The average Bonchev–Trinajstić information content (AvgIpc) is 2.99. The number of aryl methyl sites for hydroxylation is 1. The molecule has 1 aliphatic carbocycles. The number of fused-ring (bicyclic) bond motifs is 2. The summed E-state index contributed by atoms with van der Waals surface area (Å²) in [5.74, 6) is 0.457. The fourth-order valence-electron chi connectivity index (χ4n) is 5.25. The zero-order valence-corrected chi connectivity index (χ0v) is 18.4. The summed E-state index contributed by atoms with van der Waals surface area (Å²) in [6, 6.07) is 5.44. The maximum Gasteiger partial charge on any atom is 0.317 e. The lowest BCUT2D eigenvalue weighted by molar-refractivity contribution is 0.124. The molecule has 1 saturated heterocycles. The van der Waals surface area contributed by atoms with Crippen LogP contribution >= 0.6 is 11.8 Å². The van der Waals surface area contributed by atoms with E-state index in [0.29, 0.717) is 12.0 Å². The topological polar surface area (TPSA) is 51.4 Å². The first-order valence-electron chi connectivity index (χ1n) is 10.4. The summed E-state index contributed by atoms with van der Waals surface area (Å²) >= 11 is 1.80. The molecule has 4 rings (SSSR count). The molecule has 0 saturated carbocycles. The minimum Gasteiger partial charge on any atom is -0.358 e. The number of likely N-dealkylation sites (tertiary alicyclic amines) is 1. The lowest BCUT2D eigenvalue weighted by Crippen LogP contribution is -2.56. The smallest absolute Gasteiger partial charge is 0.317 e. The van der Waals surface area contributed by atoms with Crippen LogP contribution in [0.4, 0.5) is 4.79 Å². The van der Waals surface area contributed by atoms with Crippen molar-refractivity contribution in [1.29, 1.82) is 0 Å². The molecular weight excluding hydrogens is 368 g/mol. The normalized spacial score (nSPS) is 24.2. The van der Waals surface area contributed by atoms with Gasteiger partial charge in [-0.15, -0.1) is 11.8 Å². The predicted molar refractivity (Wildman–Crippen MR) is 118 cm³/mol. The third-order valence-electron chi connectivity index (χ3n) is 6.72. The van der Waals surface area contributed by atoms with Crippen molar-refractivity contribution >= 4 is 28.7 Å². The van der Waals surface area contributed by atoms with Crippen LogP contribution in [0.15, 0.2) is 17.0 Å². The highest BCUT2D eigenvalue weighted by molar-refractivity contribution is 7.98. The van der Waals surface area contributed by atoms with Gasteiger partial charge in [-0.05, 0) is 70.2 Å². The van der Waals surface area contributed by atoms with Gasteiger partial charge in [0.1, 0.15) is 0 Å². The van der Waals surface area contributed by atoms with Crippen LogP contribution in [0.2, 0.25) is 0 Å². The van der Waals surface area contributed by atoms with E-state index in [0.717, 1.165) is 32.5 Å². The number of aromatic nitrogens is 1. The molecule has 2 amide bonds. The number of H-pyrrole nitrogens is 1.